The molecule has 0 bridgehead atoms. The van der Waals surface area contributed by atoms with Gasteiger partial charge in [0.05, 0.1) is 0 Å². The van der Waals surface area contributed by atoms with Gasteiger partial charge >= 0.3 is 17.9 Å². The molecule has 1 unspecified atom stereocenters. The average molecular weight is 180 g/mol. The number of hydrogen-bond acceptors (Lipinski definition) is 2. The molecule has 0 fully saturated rings. The van der Waals surface area contributed by atoms with E-state index in [1.807, 2.05) is 0 Å². The Bertz CT molecular complexity index is 128. The first kappa shape index (κ1) is 10.6. The fourth-order valence-electron chi connectivity index (χ4n) is 0.264. The Hall–Kier alpha value is -0.430. The summed E-state index contributed by atoms with van der Waals surface area (Å²) < 4.78 is 58.3. The number of alkyl halides is 5. The van der Waals surface area contributed by atoms with Gasteiger partial charge in [-0.2, -0.15) is 13.2 Å². The Balaban J connectivity index is 4.75. The smallest absolute Gasteiger partial charge is 0.350 e. The van der Waals surface area contributed by atoms with Gasteiger partial charge in [-0.1, -0.05) is 0 Å². The Morgan fingerprint density at radius 2 is 1.18 bits per heavy atom. The van der Waals surface area contributed by atoms with E-state index in [1.54, 1.807) is 0 Å². The van der Waals surface area contributed by atoms with E-state index >= 15 is 0 Å². The molecule has 0 aliphatic heterocycles. The normalized spacial score (nSPS) is 19.6. The minimum atomic E-state index is -5.48. The van der Waals surface area contributed by atoms with E-state index in [-0.39, 0.29) is 6.92 Å². The molecule has 11 heavy (non-hydrogen) atoms. The summed E-state index contributed by atoms with van der Waals surface area (Å²) in [5.74, 6) is -9.97. The van der Waals surface area contributed by atoms with Crippen molar-refractivity contribution in [1.29, 1.82) is 0 Å². The Labute approximate surface area is 58.3 Å². The van der Waals surface area contributed by atoms with Crippen molar-refractivity contribution in [2.24, 2.45) is 0 Å². The first-order valence-corrected chi connectivity index (χ1v) is 2.39. The van der Waals surface area contributed by atoms with E-state index in [0.29, 0.717) is 0 Å². The van der Waals surface area contributed by atoms with Crippen LogP contribution >= 0.6 is 0 Å². The monoisotopic (exact) mass is 180 g/mol. The van der Waals surface area contributed by atoms with E-state index < -0.39 is 17.9 Å². The van der Waals surface area contributed by atoms with Crippen molar-refractivity contribution in [2.45, 2.75) is 24.8 Å². The standard InChI is InChI=1S/C4H5F5O2/c1-2(5,6)3(7,10)4(8,9)11/h10-11H,1H3. The summed E-state index contributed by atoms with van der Waals surface area (Å²) in [6.45, 7) is -0.281. The Morgan fingerprint density at radius 1 is 0.909 bits per heavy atom. The van der Waals surface area contributed by atoms with Crippen molar-refractivity contribution in [3.05, 3.63) is 0 Å². The maximum absolute atomic E-state index is 11.9. The summed E-state index contributed by atoms with van der Waals surface area (Å²) in [6.07, 6.45) is -5.48. The maximum atomic E-state index is 11.9. The molecular formula is C4H5F5O2. The largest absolute Gasteiger partial charge is 0.418 e. The van der Waals surface area contributed by atoms with Gasteiger partial charge < -0.3 is 10.2 Å². The van der Waals surface area contributed by atoms with Crippen LogP contribution in [0.4, 0.5) is 22.0 Å². The van der Waals surface area contributed by atoms with Crippen LogP contribution in [0.1, 0.15) is 6.92 Å². The molecule has 0 amide bonds. The third kappa shape index (κ3) is 1.78. The SMILES string of the molecule is CC(F)(F)C(O)(F)C(O)(F)F. The molecule has 0 rings (SSSR count). The highest BCUT2D eigenvalue weighted by atomic mass is 19.3. The van der Waals surface area contributed by atoms with Crippen LogP contribution in [0, 0.1) is 0 Å². The molecule has 0 radical (unpaired) electrons. The highest BCUT2D eigenvalue weighted by Gasteiger charge is 2.67. The highest BCUT2D eigenvalue weighted by molar-refractivity contribution is 4.86. The summed E-state index contributed by atoms with van der Waals surface area (Å²) in [4.78, 5) is 0. The number of halogens is 5. The summed E-state index contributed by atoms with van der Waals surface area (Å²) in [6, 6.07) is 0. The molecule has 2 N–H and O–H groups in total. The maximum Gasteiger partial charge on any atom is 0.418 e. The molecule has 68 valence electrons. The zero-order chi connectivity index (χ0) is 9.50. The van der Waals surface area contributed by atoms with Crippen LogP contribution in [-0.4, -0.2) is 28.1 Å². The molecule has 0 aromatic heterocycles. The lowest BCUT2D eigenvalue weighted by Crippen LogP contribution is -2.55. The summed E-state index contributed by atoms with van der Waals surface area (Å²) in [5, 5.41) is 15.2. The second kappa shape index (κ2) is 2.28. The van der Waals surface area contributed by atoms with Gasteiger partial charge in [-0.05, 0) is 0 Å². The van der Waals surface area contributed by atoms with E-state index in [2.05, 4.69) is 0 Å². The number of aliphatic hydroxyl groups is 2. The molecule has 0 aromatic carbocycles. The van der Waals surface area contributed by atoms with Gasteiger partial charge in [-0.25, -0.2) is 8.78 Å². The van der Waals surface area contributed by atoms with E-state index in [9.17, 15) is 22.0 Å². The molecule has 7 heteroatoms. The van der Waals surface area contributed by atoms with E-state index in [0.717, 1.165) is 0 Å². The average Bonchev–Trinajstić information content (AvgIpc) is 1.58. The van der Waals surface area contributed by atoms with Crippen LogP contribution < -0.4 is 0 Å². The van der Waals surface area contributed by atoms with Crippen LogP contribution in [0.15, 0.2) is 0 Å². The van der Waals surface area contributed by atoms with Gasteiger partial charge in [0.2, 0.25) is 0 Å². The second-order valence-electron chi connectivity index (χ2n) is 2.05. The van der Waals surface area contributed by atoms with Crippen LogP contribution in [-0.2, 0) is 0 Å². The zero-order valence-corrected chi connectivity index (χ0v) is 5.28. The van der Waals surface area contributed by atoms with Gasteiger partial charge in [0, 0.05) is 6.92 Å². The first-order valence-electron chi connectivity index (χ1n) is 2.39. The molecule has 0 aliphatic carbocycles. The third-order valence-electron chi connectivity index (χ3n) is 0.980. The molecule has 0 saturated heterocycles. The molecule has 0 heterocycles. The van der Waals surface area contributed by atoms with Crippen LogP contribution in [0.25, 0.3) is 0 Å². The molecule has 0 saturated carbocycles. The molecule has 0 aromatic rings. The summed E-state index contributed by atoms with van der Waals surface area (Å²) in [5.41, 5.74) is 0. The van der Waals surface area contributed by atoms with Crippen molar-refractivity contribution in [3.63, 3.8) is 0 Å². The Morgan fingerprint density at radius 3 is 1.18 bits per heavy atom. The van der Waals surface area contributed by atoms with E-state index in [4.69, 9.17) is 10.2 Å². The Kier molecular flexibility index (Phi) is 2.19. The van der Waals surface area contributed by atoms with Crippen molar-refractivity contribution in [3.8, 4) is 0 Å². The third-order valence-corrected chi connectivity index (χ3v) is 0.980. The van der Waals surface area contributed by atoms with Gasteiger partial charge in [-0.3, -0.25) is 0 Å². The van der Waals surface area contributed by atoms with Crippen molar-refractivity contribution < 1.29 is 32.2 Å². The fourth-order valence-corrected chi connectivity index (χ4v) is 0.264. The molecule has 0 spiro atoms. The summed E-state index contributed by atoms with van der Waals surface area (Å²) >= 11 is 0. The minimum absolute atomic E-state index is 0.281. The minimum Gasteiger partial charge on any atom is -0.350 e. The predicted octanol–water partition coefficient (Wildman–Crippen LogP) is 0.885. The molecule has 2 nitrogen and oxygen atoms in total. The van der Waals surface area contributed by atoms with Gasteiger partial charge in [0.25, 0.3) is 0 Å². The van der Waals surface area contributed by atoms with Crippen LogP contribution in [0.3, 0.4) is 0 Å². The van der Waals surface area contributed by atoms with E-state index in [1.165, 1.54) is 0 Å². The van der Waals surface area contributed by atoms with Crippen molar-refractivity contribution in [2.75, 3.05) is 0 Å². The topological polar surface area (TPSA) is 40.5 Å². The highest BCUT2D eigenvalue weighted by Crippen LogP contribution is 2.39. The second-order valence-corrected chi connectivity index (χ2v) is 2.05. The lowest BCUT2D eigenvalue weighted by Gasteiger charge is -2.28. The molecule has 0 aliphatic rings. The lowest BCUT2D eigenvalue weighted by atomic mass is 10.1. The lowest BCUT2D eigenvalue weighted by molar-refractivity contribution is -0.407. The predicted molar refractivity (Wildman–Crippen MR) is 23.8 cm³/mol. The van der Waals surface area contributed by atoms with Gasteiger partial charge in [0.1, 0.15) is 0 Å². The van der Waals surface area contributed by atoms with Gasteiger partial charge in [-0.15, -0.1) is 0 Å². The first-order chi connectivity index (χ1) is 4.50. The van der Waals surface area contributed by atoms with Crippen molar-refractivity contribution >= 4 is 0 Å². The van der Waals surface area contributed by atoms with Crippen molar-refractivity contribution in [1.82, 2.24) is 0 Å². The van der Waals surface area contributed by atoms with Gasteiger partial charge in [0.15, 0.2) is 0 Å². The number of hydrogen-bond donors (Lipinski definition) is 2. The molecular weight excluding hydrogens is 175 g/mol. The van der Waals surface area contributed by atoms with Crippen LogP contribution in [0.2, 0.25) is 0 Å². The molecule has 1 atom stereocenters. The quantitative estimate of drug-likeness (QED) is 0.619. The fraction of sp³-hybridized carbons (Fsp3) is 1.00. The summed E-state index contributed by atoms with van der Waals surface area (Å²) in [7, 11) is 0. The number of rotatable bonds is 2. The zero-order valence-electron chi connectivity index (χ0n) is 5.28. The van der Waals surface area contributed by atoms with Crippen LogP contribution in [0.5, 0.6) is 0 Å².